The molecule has 0 aliphatic carbocycles. The van der Waals surface area contributed by atoms with E-state index in [1.807, 2.05) is 27.0 Å². The predicted octanol–water partition coefficient (Wildman–Crippen LogP) is 2.54. The van der Waals surface area contributed by atoms with E-state index in [0.717, 1.165) is 5.69 Å². The van der Waals surface area contributed by atoms with Crippen molar-refractivity contribution in [2.75, 3.05) is 11.1 Å². The molecule has 0 unspecified atom stereocenters. The van der Waals surface area contributed by atoms with Crippen LogP contribution in [-0.4, -0.2) is 15.9 Å². The van der Waals surface area contributed by atoms with E-state index >= 15 is 0 Å². The van der Waals surface area contributed by atoms with Crippen LogP contribution in [0.5, 0.6) is 5.75 Å². The van der Waals surface area contributed by atoms with Crippen molar-refractivity contribution in [2.45, 2.75) is 26.5 Å². The lowest BCUT2D eigenvalue weighted by molar-refractivity contribution is 0.231. The Morgan fingerprint density at radius 1 is 1.45 bits per heavy atom. The summed E-state index contributed by atoms with van der Waals surface area (Å²) in [7, 11) is 1.86. The number of hydrogen-bond acceptors (Lipinski definition) is 4. The van der Waals surface area contributed by atoms with Crippen LogP contribution in [0, 0.1) is 5.82 Å². The molecule has 0 saturated carbocycles. The average Bonchev–Trinajstić information content (AvgIpc) is 2.76. The Bertz CT molecular complexity index is 595. The first-order valence-corrected chi connectivity index (χ1v) is 6.44. The molecule has 1 aromatic carbocycles. The predicted molar refractivity (Wildman–Crippen MR) is 77.1 cm³/mol. The summed E-state index contributed by atoms with van der Waals surface area (Å²) < 4.78 is 20.9. The maximum atomic E-state index is 13.7. The standard InChI is InChI=1S/C14H19FN4O/c1-9(2)20-14-7-13(12(16)6-11(14)15)17-8-10-4-5-18-19(10)3/h4-7,9,17H,8,16H2,1-3H3. The van der Waals surface area contributed by atoms with Gasteiger partial charge in [-0.25, -0.2) is 4.39 Å². The Balaban J connectivity index is 2.16. The second kappa shape index (κ2) is 5.81. The molecule has 0 aliphatic heterocycles. The number of benzene rings is 1. The van der Waals surface area contributed by atoms with Gasteiger partial charge in [-0.15, -0.1) is 0 Å². The normalized spacial score (nSPS) is 10.8. The van der Waals surface area contributed by atoms with Gasteiger partial charge in [0.2, 0.25) is 0 Å². The molecule has 0 atom stereocenters. The van der Waals surface area contributed by atoms with Crippen molar-refractivity contribution in [3.05, 3.63) is 35.9 Å². The molecule has 0 bridgehead atoms. The molecular formula is C14H19FN4O. The number of nitrogens with zero attached hydrogens (tertiary/aromatic N) is 2. The monoisotopic (exact) mass is 278 g/mol. The van der Waals surface area contributed by atoms with E-state index in [1.165, 1.54) is 6.07 Å². The highest BCUT2D eigenvalue weighted by atomic mass is 19.1. The Morgan fingerprint density at radius 3 is 2.80 bits per heavy atom. The van der Waals surface area contributed by atoms with Crippen molar-refractivity contribution in [3.8, 4) is 5.75 Å². The van der Waals surface area contributed by atoms with Crippen LogP contribution in [0.2, 0.25) is 0 Å². The fraction of sp³-hybridized carbons (Fsp3) is 0.357. The van der Waals surface area contributed by atoms with E-state index in [9.17, 15) is 4.39 Å². The summed E-state index contributed by atoms with van der Waals surface area (Å²) in [4.78, 5) is 0. The number of aryl methyl sites for hydroxylation is 1. The van der Waals surface area contributed by atoms with E-state index in [2.05, 4.69) is 10.4 Å². The molecule has 0 spiro atoms. The van der Waals surface area contributed by atoms with Gasteiger partial charge in [0.05, 0.1) is 29.7 Å². The van der Waals surface area contributed by atoms with Crippen LogP contribution in [-0.2, 0) is 13.6 Å². The zero-order valence-corrected chi connectivity index (χ0v) is 11.9. The van der Waals surface area contributed by atoms with E-state index in [0.29, 0.717) is 17.9 Å². The first-order chi connectivity index (χ1) is 9.47. The van der Waals surface area contributed by atoms with Gasteiger partial charge in [0.1, 0.15) is 0 Å². The summed E-state index contributed by atoms with van der Waals surface area (Å²) in [5.41, 5.74) is 7.81. The zero-order valence-electron chi connectivity index (χ0n) is 11.9. The zero-order chi connectivity index (χ0) is 14.7. The summed E-state index contributed by atoms with van der Waals surface area (Å²) in [6.45, 7) is 4.24. The van der Waals surface area contributed by atoms with E-state index < -0.39 is 5.82 Å². The minimum absolute atomic E-state index is 0.0990. The van der Waals surface area contributed by atoms with Crippen LogP contribution < -0.4 is 15.8 Å². The lowest BCUT2D eigenvalue weighted by Gasteiger charge is -2.15. The average molecular weight is 278 g/mol. The van der Waals surface area contributed by atoms with Crippen molar-refractivity contribution in [1.82, 2.24) is 9.78 Å². The number of hydrogen-bond donors (Lipinski definition) is 2. The Labute approximate surface area is 117 Å². The van der Waals surface area contributed by atoms with Crippen LogP contribution in [0.15, 0.2) is 24.4 Å². The maximum absolute atomic E-state index is 13.7. The molecule has 3 N–H and O–H groups in total. The third-order valence-corrected chi connectivity index (χ3v) is 2.85. The molecule has 2 rings (SSSR count). The molecule has 5 nitrogen and oxygen atoms in total. The maximum Gasteiger partial charge on any atom is 0.167 e. The van der Waals surface area contributed by atoms with Crippen LogP contribution in [0.25, 0.3) is 0 Å². The number of halogens is 1. The minimum Gasteiger partial charge on any atom is -0.488 e. The highest BCUT2D eigenvalue weighted by Crippen LogP contribution is 2.29. The molecule has 0 amide bonds. The van der Waals surface area contributed by atoms with Gasteiger partial charge < -0.3 is 15.8 Å². The molecular weight excluding hydrogens is 259 g/mol. The van der Waals surface area contributed by atoms with Crippen molar-refractivity contribution >= 4 is 11.4 Å². The summed E-state index contributed by atoms with van der Waals surface area (Å²) in [5, 5.41) is 7.25. The summed E-state index contributed by atoms with van der Waals surface area (Å²) in [6, 6.07) is 4.75. The van der Waals surface area contributed by atoms with Crippen LogP contribution in [0.3, 0.4) is 0 Å². The Kier molecular flexibility index (Phi) is 4.12. The van der Waals surface area contributed by atoms with Crippen molar-refractivity contribution < 1.29 is 9.13 Å². The quantitative estimate of drug-likeness (QED) is 0.825. The van der Waals surface area contributed by atoms with E-state index in [4.69, 9.17) is 10.5 Å². The van der Waals surface area contributed by atoms with Crippen LogP contribution >= 0.6 is 0 Å². The summed E-state index contributed by atoms with van der Waals surface area (Å²) in [6.07, 6.45) is 1.62. The summed E-state index contributed by atoms with van der Waals surface area (Å²) in [5.74, 6) is -0.260. The second-order valence-electron chi connectivity index (χ2n) is 4.84. The molecule has 0 aliphatic rings. The summed E-state index contributed by atoms with van der Waals surface area (Å²) >= 11 is 0. The Morgan fingerprint density at radius 2 is 2.20 bits per heavy atom. The lowest BCUT2D eigenvalue weighted by Crippen LogP contribution is -2.10. The van der Waals surface area contributed by atoms with Gasteiger partial charge >= 0.3 is 0 Å². The number of rotatable bonds is 5. The number of aromatic nitrogens is 2. The molecule has 108 valence electrons. The lowest BCUT2D eigenvalue weighted by atomic mass is 10.2. The van der Waals surface area contributed by atoms with Crippen LogP contribution in [0.4, 0.5) is 15.8 Å². The fourth-order valence-electron chi connectivity index (χ4n) is 1.83. The highest BCUT2D eigenvalue weighted by molar-refractivity contribution is 5.68. The number of anilines is 2. The minimum atomic E-state index is -0.456. The van der Waals surface area contributed by atoms with Gasteiger partial charge in [0.25, 0.3) is 0 Å². The highest BCUT2D eigenvalue weighted by Gasteiger charge is 2.11. The van der Waals surface area contributed by atoms with Crippen molar-refractivity contribution in [3.63, 3.8) is 0 Å². The molecule has 6 heteroatoms. The number of nitrogens with one attached hydrogen (secondary N) is 1. The second-order valence-corrected chi connectivity index (χ2v) is 4.84. The largest absolute Gasteiger partial charge is 0.488 e. The van der Waals surface area contributed by atoms with Gasteiger partial charge in [-0.2, -0.15) is 5.10 Å². The SMILES string of the molecule is CC(C)Oc1cc(NCc2ccnn2C)c(N)cc1F. The van der Waals surface area contributed by atoms with Crippen LogP contribution in [0.1, 0.15) is 19.5 Å². The first-order valence-electron chi connectivity index (χ1n) is 6.44. The molecule has 1 aromatic heterocycles. The molecule has 2 aromatic rings. The molecule has 20 heavy (non-hydrogen) atoms. The number of nitrogens with two attached hydrogens (primary N) is 1. The van der Waals surface area contributed by atoms with Gasteiger partial charge in [-0.3, -0.25) is 4.68 Å². The topological polar surface area (TPSA) is 65.1 Å². The Hall–Kier alpha value is -2.24. The van der Waals surface area contributed by atoms with Gasteiger partial charge in [-0.05, 0) is 19.9 Å². The van der Waals surface area contributed by atoms with Crippen molar-refractivity contribution in [2.24, 2.45) is 7.05 Å². The van der Waals surface area contributed by atoms with Gasteiger partial charge in [-0.1, -0.05) is 0 Å². The molecule has 0 fully saturated rings. The van der Waals surface area contributed by atoms with Crippen molar-refractivity contribution in [1.29, 1.82) is 0 Å². The molecule has 0 radical (unpaired) electrons. The van der Waals surface area contributed by atoms with E-state index in [1.54, 1.807) is 16.9 Å². The smallest absolute Gasteiger partial charge is 0.167 e. The molecule has 1 heterocycles. The fourth-order valence-corrected chi connectivity index (χ4v) is 1.83. The van der Waals surface area contributed by atoms with Gasteiger partial charge in [0.15, 0.2) is 11.6 Å². The van der Waals surface area contributed by atoms with Gasteiger partial charge in [0, 0.05) is 25.4 Å². The first kappa shape index (κ1) is 14.2. The third-order valence-electron chi connectivity index (χ3n) is 2.85. The number of ether oxygens (including phenoxy) is 1. The third kappa shape index (κ3) is 3.20. The number of nitrogen functional groups attached to an aromatic ring is 1. The van der Waals surface area contributed by atoms with E-state index in [-0.39, 0.29) is 11.9 Å². The molecule has 0 saturated heterocycles.